The largest absolute Gasteiger partial charge is 0.394 e. The van der Waals surface area contributed by atoms with Crippen molar-refractivity contribution in [3.05, 3.63) is 47.5 Å². The van der Waals surface area contributed by atoms with E-state index in [0.717, 1.165) is 10.8 Å². The van der Waals surface area contributed by atoms with Gasteiger partial charge in [-0.25, -0.2) is 0 Å². The second kappa shape index (κ2) is 10.0. The minimum absolute atomic E-state index is 0.165. The zero-order valence-electron chi connectivity index (χ0n) is 17.7. The molecule has 0 saturated carbocycles. The molecule has 2 aromatic carbocycles. The first-order valence-corrected chi connectivity index (χ1v) is 10.8. The third-order valence-electron chi connectivity index (χ3n) is 6.20. The van der Waals surface area contributed by atoms with Crippen LogP contribution in [0.3, 0.4) is 0 Å². The molecule has 33 heavy (non-hydrogen) atoms. The second-order valence-corrected chi connectivity index (χ2v) is 8.50. The van der Waals surface area contributed by atoms with Crippen LogP contribution in [0.1, 0.15) is 23.7 Å². The third kappa shape index (κ3) is 4.90. The van der Waals surface area contributed by atoms with Crippen molar-refractivity contribution in [1.82, 2.24) is 0 Å². The van der Waals surface area contributed by atoms with Gasteiger partial charge in [-0.3, -0.25) is 0 Å². The molecule has 7 unspecified atom stereocenters. The Labute approximate surface area is 190 Å². The molecule has 0 aliphatic carbocycles. The van der Waals surface area contributed by atoms with Gasteiger partial charge in [-0.1, -0.05) is 30.0 Å². The van der Waals surface area contributed by atoms with Crippen molar-refractivity contribution in [1.29, 1.82) is 0 Å². The number of benzene rings is 2. The molecule has 2 heterocycles. The van der Waals surface area contributed by atoms with E-state index in [1.54, 1.807) is 12.1 Å². The molecule has 2 fully saturated rings. The monoisotopic (exact) mass is 460 g/mol. The van der Waals surface area contributed by atoms with Gasteiger partial charge in [0.15, 0.2) is 0 Å². The quantitative estimate of drug-likeness (QED) is 0.273. The molecule has 2 aliphatic rings. The highest BCUT2D eigenvalue weighted by molar-refractivity contribution is 5.84. The number of hydrogen-bond acceptors (Lipinski definition) is 9. The molecule has 9 nitrogen and oxygen atoms in total. The van der Waals surface area contributed by atoms with E-state index in [0.29, 0.717) is 11.1 Å². The molecule has 4 rings (SSSR count). The molecule has 2 saturated heterocycles. The van der Waals surface area contributed by atoms with Gasteiger partial charge < -0.3 is 45.2 Å². The van der Waals surface area contributed by atoms with Gasteiger partial charge in [0.2, 0.25) is 0 Å². The van der Waals surface area contributed by atoms with E-state index in [4.69, 9.17) is 9.47 Å². The SMILES string of the molecule is OCC1CC(O)C(O)[C@@H](c2ccc3cc(C#CC4OC(CO)[C@@H](O)C(O)C4O)ccc3c2)O1. The number of aliphatic hydroxyl groups excluding tert-OH is 7. The normalized spacial score (nSPS) is 36.9. The summed E-state index contributed by atoms with van der Waals surface area (Å²) in [6.45, 7) is -0.763. The molecule has 0 aromatic heterocycles. The Hall–Kier alpha value is -2.10. The Morgan fingerprint density at radius 2 is 1.52 bits per heavy atom. The summed E-state index contributed by atoms with van der Waals surface area (Å²) in [7, 11) is 0. The van der Waals surface area contributed by atoms with Crippen LogP contribution in [0, 0.1) is 11.8 Å². The molecular weight excluding hydrogens is 432 g/mol. The van der Waals surface area contributed by atoms with Gasteiger partial charge in [0.1, 0.15) is 42.7 Å². The highest BCUT2D eigenvalue weighted by atomic mass is 16.5. The summed E-state index contributed by atoms with van der Waals surface area (Å²) in [5, 5.41) is 70.7. The summed E-state index contributed by atoms with van der Waals surface area (Å²) < 4.78 is 11.2. The van der Waals surface area contributed by atoms with E-state index < -0.39 is 61.5 Å². The van der Waals surface area contributed by atoms with Gasteiger partial charge in [0.25, 0.3) is 0 Å². The van der Waals surface area contributed by atoms with Crippen molar-refractivity contribution in [2.24, 2.45) is 0 Å². The smallest absolute Gasteiger partial charge is 0.147 e. The van der Waals surface area contributed by atoms with E-state index in [1.165, 1.54) is 0 Å². The molecule has 0 bridgehead atoms. The highest BCUT2D eigenvalue weighted by Gasteiger charge is 2.42. The molecule has 2 aromatic rings. The Morgan fingerprint density at radius 1 is 0.788 bits per heavy atom. The average molecular weight is 460 g/mol. The van der Waals surface area contributed by atoms with E-state index in [9.17, 15) is 35.7 Å². The van der Waals surface area contributed by atoms with E-state index >= 15 is 0 Å². The van der Waals surface area contributed by atoms with Crippen LogP contribution in [0.4, 0.5) is 0 Å². The summed E-state index contributed by atoms with van der Waals surface area (Å²) in [6.07, 6.45) is -9.66. The fourth-order valence-corrected chi connectivity index (χ4v) is 4.24. The Bertz CT molecular complexity index is 1030. The lowest BCUT2D eigenvalue weighted by Gasteiger charge is -2.37. The van der Waals surface area contributed by atoms with Crippen LogP contribution in [0.5, 0.6) is 0 Å². The van der Waals surface area contributed by atoms with Crippen molar-refractivity contribution in [3.63, 3.8) is 0 Å². The van der Waals surface area contributed by atoms with Gasteiger partial charge >= 0.3 is 0 Å². The molecule has 0 spiro atoms. The van der Waals surface area contributed by atoms with Crippen molar-refractivity contribution in [2.45, 2.75) is 61.4 Å². The predicted octanol–water partition coefficient (Wildman–Crippen LogP) is -1.42. The van der Waals surface area contributed by atoms with Crippen molar-refractivity contribution in [3.8, 4) is 11.8 Å². The van der Waals surface area contributed by atoms with Crippen LogP contribution in [0.15, 0.2) is 36.4 Å². The molecule has 0 radical (unpaired) electrons. The lowest BCUT2D eigenvalue weighted by Crippen LogP contribution is -2.58. The molecule has 0 amide bonds. The Morgan fingerprint density at radius 3 is 2.24 bits per heavy atom. The Balaban J connectivity index is 1.54. The molecular formula is C24H28O9. The van der Waals surface area contributed by atoms with Crippen LogP contribution < -0.4 is 0 Å². The lowest BCUT2D eigenvalue weighted by molar-refractivity contribution is -0.214. The number of rotatable bonds is 3. The summed E-state index contributed by atoms with van der Waals surface area (Å²) in [6, 6.07) is 10.8. The van der Waals surface area contributed by atoms with Crippen LogP contribution in [0.2, 0.25) is 0 Å². The Kier molecular flexibility index (Phi) is 7.31. The lowest BCUT2D eigenvalue weighted by atomic mass is 9.92. The first-order chi connectivity index (χ1) is 15.8. The number of aliphatic hydroxyl groups is 7. The third-order valence-corrected chi connectivity index (χ3v) is 6.20. The van der Waals surface area contributed by atoms with Gasteiger partial charge in [-0.15, -0.1) is 0 Å². The number of ether oxygens (including phenoxy) is 2. The van der Waals surface area contributed by atoms with Crippen molar-refractivity contribution >= 4 is 10.8 Å². The molecule has 7 N–H and O–H groups in total. The average Bonchev–Trinajstić information content (AvgIpc) is 2.83. The maximum atomic E-state index is 10.4. The molecule has 9 atom stereocenters. The fourth-order valence-electron chi connectivity index (χ4n) is 4.24. The zero-order chi connectivity index (χ0) is 23.7. The maximum Gasteiger partial charge on any atom is 0.147 e. The minimum Gasteiger partial charge on any atom is -0.394 e. The maximum absolute atomic E-state index is 10.4. The van der Waals surface area contributed by atoms with Gasteiger partial charge in [-0.05, 0) is 34.5 Å². The number of hydrogen-bond donors (Lipinski definition) is 7. The first kappa shape index (κ1) is 24.0. The highest BCUT2D eigenvalue weighted by Crippen LogP contribution is 2.33. The first-order valence-electron chi connectivity index (χ1n) is 10.8. The minimum atomic E-state index is -1.48. The molecule has 2 aliphatic heterocycles. The van der Waals surface area contributed by atoms with Gasteiger partial charge in [-0.2, -0.15) is 0 Å². The van der Waals surface area contributed by atoms with Gasteiger partial charge in [0, 0.05) is 12.0 Å². The van der Waals surface area contributed by atoms with Gasteiger partial charge in [0.05, 0.1) is 25.4 Å². The molecule has 178 valence electrons. The summed E-state index contributed by atoms with van der Waals surface area (Å²) >= 11 is 0. The fraction of sp³-hybridized carbons (Fsp3) is 0.500. The summed E-state index contributed by atoms with van der Waals surface area (Å²) in [5.74, 6) is 5.63. The molecule has 9 heteroatoms. The van der Waals surface area contributed by atoms with Crippen LogP contribution in [-0.2, 0) is 9.47 Å². The second-order valence-electron chi connectivity index (χ2n) is 8.50. The van der Waals surface area contributed by atoms with Crippen LogP contribution >= 0.6 is 0 Å². The summed E-state index contributed by atoms with van der Waals surface area (Å²) in [4.78, 5) is 0. The topological polar surface area (TPSA) is 160 Å². The van der Waals surface area contributed by atoms with Crippen molar-refractivity contribution < 1.29 is 45.2 Å². The standard InChI is InChI=1S/C24H28O9/c25-10-16-9-17(27)20(28)24(32-16)15-5-4-13-7-12(1-3-14(13)8-15)2-6-18-21(29)23(31)22(30)19(11-26)33-18/h1,3-5,7-8,16-31H,9-11H2/t16?,17?,18?,19?,20?,21?,22-,23?,24-/m1/s1. The van der Waals surface area contributed by atoms with Crippen molar-refractivity contribution in [2.75, 3.05) is 13.2 Å². The van der Waals surface area contributed by atoms with E-state index in [-0.39, 0.29) is 13.0 Å². The van der Waals surface area contributed by atoms with E-state index in [1.807, 2.05) is 24.3 Å². The van der Waals surface area contributed by atoms with Crippen LogP contribution in [-0.4, -0.2) is 97.8 Å². The van der Waals surface area contributed by atoms with E-state index in [2.05, 4.69) is 11.8 Å². The summed E-state index contributed by atoms with van der Waals surface area (Å²) in [5.41, 5.74) is 1.30. The number of fused-ring (bicyclic) bond motifs is 1. The predicted molar refractivity (Wildman–Crippen MR) is 116 cm³/mol. The van der Waals surface area contributed by atoms with Crippen LogP contribution in [0.25, 0.3) is 10.8 Å². The zero-order valence-corrected chi connectivity index (χ0v) is 17.7.